The lowest BCUT2D eigenvalue weighted by molar-refractivity contribution is -0.0504. The van der Waals surface area contributed by atoms with Gasteiger partial charge in [-0.15, -0.1) is 24.0 Å². The van der Waals surface area contributed by atoms with E-state index in [0.717, 1.165) is 17.1 Å². The number of nitrogens with zero attached hydrogens (tertiary/aromatic N) is 2. The Hall–Kier alpha value is -0.860. The highest BCUT2D eigenvalue weighted by Crippen LogP contribution is 2.22. The molecule has 166 valence electrons. The van der Waals surface area contributed by atoms with Gasteiger partial charge in [0.25, 0.3) is 0 Å². The van der Waals surface area contributed by atoms with E-state index in [1.165, 1.54) is 10.4 Å². The number of rotatable bonds is 8. The van der Waals surface area contributed by atoms with Gasteiger partial charge in [-0.25, -0.2) is 12.7 Å². The van der Waals surface area contributed by atoms with Crippen molar-refractivity contribution >= 4 is 51.7 Å². The monoisotopic (exact) mass is 564 g/mol. The number of benzene rings is 1. The van der Waals surface area contributed by atoms with Crippen LogP contribution in [0.5, 0.6) is 5.75 Å². The minimum Gasteiger partial charge on any atom is -0.434 e. The quantitative estimate of drug-likeness (QED) is 0.287. The van der Waals surface area contributed by atoms with Crippen LogP contribution in [0, 0.1) is 6.92 Å². The summed E-state index contributed by atoms with van der Waals surface area (Å²) in [7, 11) is -1.75. The Morgan fingerprint density at radius 3 is 2.62 bits per heavy atom. The molecule has 0 spiro atoms. The van der Waals surface area contributed by atoms with Gasteiger partial charge in [0.1, 0.15) is 5.75 Å². The van der Waals surface area contributed by atoms with E-state index in [1.54, 1.807) is 30.9 Å². The zero-order chi connectivity index (χ0) is 20.6. The third-order valence-electron chi connectivity index (χ3n) is 4.12. The second-order valence-corrected chi connectivity index (χ2v) is 9.48. The van der Waals surface area contributed by atoms with Crippen molar-refractivity contribution in [3.63, 3.8) is 0 Å². The van der Waals surface area contributed by atoms with Crippen molar-refractivity contribution in [2.45, 2.75) is 20.1 Å². The van der Waals surface area contributed by atoms with Crippen LogP contribution in [0.4, 0.5) is 8.78 Å². The summed E-state index contributed by atoms with van der Waals surface area (Å²) in [5.74, 6) is 2.07. The Labute approximate surface area is 192 Å². The molecule has 1 fully saturated rings. The summed E-state index contributed by atoms with van der Waals surface area (Å²) in [5.41, 5.74) is 1.47. The minimum atomic E-state index is -3.31. The Morgan fingerprint density at radius 2 is 2.00 bits per heavy atom. The fraction of sp³-hybridized carbons (Fsp3) is 0.588. The molecule has 1 aliphatic heterocycles. The minimum absolute atomic E-state index is 0. The molecular weight excluding hydrogens is 537 g/mol. The Balaban J connectivity index is 0.00000420. The number of aliphatic imine (C=N–C) groups is 1. The molecule has 1 aromatic carbocycles. The molecule has 1 saturated heterocycles. The van der Waals surface area contributed by atoms with Crippen molar-refractivity contribution in [1.29, 1.82) is 0 Å². The van der Waals surface area contributed by atoms with Crippen LogP contribution in [-0.2, 0) is 16.6 Å². The molecule has 0 aliphatic carbocycles. The van der Waals surface area contributed by atoms with Crippen LogP contribution in [-0.4, -0.2) is 69.2 Å². The van der Waals surface area contributed by atoms with E-state index in [0.29, 0.717) is 24.6 Å². The molecule has 0 saturated carbocycles. The van der Waals surface area contributed by atoms with E-state index in [2.05, 4.69) is 20.4 Å². The Bertz CT molecular complexity index is 776. The molecule has 2 rings (SSSR count). The number of hydrogen-bond acceptors (Lipinski definition) is 5. The van der Waals surface area contributed by atoms with Crippen molar-refractivity contribution in [3.8, 4) is 5.75 Å². The topological polar surface area (TPSA) is 83.0 Å². The fourth-order valence-electron chi connectivity index (χ4n) is 2.71. The molecule has 0 unspecified atom stereocenters. The average molecular weight is 564 g/mol. The van der Waals surface area contributed by atoms with Crippen LogP contribution in [0.3, 0.4) is 0 Å². The molecule has 0 aromatic heterocycles. The summed E-state index contributed by atoms with van der Waals surface area (Å²) in [6.07, 6.45) is 0. The van der Waals surface area contributed by atoms with E-state index in [4.69, 9.17) is 0 Å². The van der Waals surface area contributed by atoms with Crippen molar-refractivity contribution in [3.05, 3.63) is 29.3 Å². The zero-order valence-electron chi connectivity index (χ0n) is 16.4. The maximum absolute atomic E-state index is 12.6. The van der Waals surface area contributed by atoms with Crippen molar-refractivity contribution < 1.29 is 21.9 Å². The first-order chi connectivity index (χ1) is 13.3. The molecule has 1 aliphatic rings. The largest absolute Gasteiger partial charge is 0.434 e. The van der Waals surface area contributed by atoms with E-state index >= 15 is 0 Å². The first kappa shape index (κ1) is 26.2. The SMILES string of the molecule is CN=C(NCCS(=O)(=O)N1CCSCC1)NCc1cc(C)ccc1OC(F)F.I. The number of thioether (sulfide) groups is 1. The van der Waals surface area contributed by atoms with E-state index < -0.39 is 16.6 Å². The molecule has 29 heavy (non-hydrogen) atoms. The van der Waals surface area contributed by atoms with Crippen molar-refractivity contribution in [2.24, 2.45) is 4.99 Å². The predicted octanol–water partition coefficient (Wildman–Crippen LogP) is 2.26. The molecule has 0 amide bonds. The van der Waals surface area contributed by atoms with Gasteiger partial charge in [-0.1, -0.05) is 17.7 Å². The number of nitrogens with one attached hydrogen (secondary N) is 2. The maximum atomic E-state index is 12.6. The number of sulfonamides is 1. The van der Waals surface area contributed by atoms with Gasteiger partial charge in [-0.05, 0) is 13.0 Å². The number of hydrogen-bond donors (Lipinski definition) is 2. The van der Waals surface area contributed by atoms with Crippen LogP contribution in [0.15, 0.2) is 23.2 Å². The van der Waals surface area contributed by atoms with E-state index in [-0.39, 0.29) is 48.6 Å². The lowest BCUT2D eigenvalue weighted by atomic mass is 10.1. The van der Waals surface area contributed by atoms with Gasteiger partial charge >= 0.3 is 6.61 Å². The number of alkyl halides is 2. The van der Waals surface area contributed by atoms with Crippen molar-refractivity contribution in [2.75, 3.05) is 43.9 Å². The van der Waals surface area contributed by atoms with Crippen LogP contribution >= 0.6 is 35.7 Å². The van der Waals surface area contributed by atoms with Crippen molar-refractivity contribution in [1.82, 2.24) is 14.9 Å². The summed E-state index contributed by atoms with van der Waals surface area (Å²) >= 11 is 1.75. The molecular formula is C17H27F2IN4O3S2. The second kappa shape index (κ2) is 12.7. The summed E-state index contributed by atoms with van der Waals surface area (Å²) < 4.78 is 55.9. The molecule has 2 N–H and O–H groups in total. The molecule has 12 heteroatoms. The Kier molecular flexibility index (Phi) is 11.5. The highest BCUT2D eigenvalue weighted by atomic mass is 127. The predicted molar refractivity (Wildman–Crippen MR) is 124 cm³/mol. The number of halogens is 3. The fourth-order valence-corrected chi connectivity index (χ4v) is 5.20. The molecule has 0 bridgehead atoms. The molecule has 0 radical (unpaired) electrons. The second-order valence-electron chi connectivity index (χ2n) is 6.17. The standard InChI is InChI=1S/C17H26F2N4O3S2.HI/c1-13-3-4-15(26-16(18)19)14(11-13)12-22-17(20-2)21-5-10-28(24,25)23-6-8-27-9-7-23;/h3-4,11,16H,5-10,12H2,1-2H3,(H2,20,21,22);1H. The number of guanidine groups is 1. The van der Waals surface area contributed by atoms with Gasteiger partial charge in [0.2, 0.25) is 10.0 Å². The molecule has 0 atom stereocenters. The van der Waals surface area contributed by atoms with Gasteiger partial charge < -0.3 is 15.4 Å². The normalized spacial score (nSPS) is 15.7. The van der Waals surface area contributed by atoms with Crippen LogP contribution < -0.4 is 15.4 Å². The van der Waals surface area contributed by atoms with Gasteiger partial charge in [-0.3, -0.25) is 4.99 Å². The van der Waals surface area contributed by atoms with Gasteiger partial charge in [0, 0.05) is 50.3 Å². The molecule has 1 heterocycles. The molecule has 1 aromatic rings. The van der Waals surface area contributed by atoms with E-state index in [9.17, 15) is 17.2 Å². The van der Waals surface area contributed by atoms with Gasteiger partial charge in [0.15, 0.2) is 5.96 Å². The number of ether oxygens (including phenoxy) is 1. The molecule has 7 nitrogen and oxygen atoms in total. The lowest BCUT2D eigenvalue weighted by Crippen LogP contribution is -2.44. The first-order valence-corrected chi connectivity index (χ1v) is 11.6. The van der Waals surface area contributed by atoms with Gasteiger partial charge in [-0.2, -0.15) is 20.5 Å². The maximum Gasteiger partial charge on any atom is 0.387 e. The van der Waals surface area contributed by atoms with Crippen LogP contribution in [0.1, 0.15) is 11.1 Å². The zero-order valence-corrected chi connectivity index (χ0v) is 20.3. The van der Waals surface area contributed by atoms with Crippen LogP contribution in [0.25, 0.3) is 0 Å². The number of aryl methyl sites for hydroxylation is 1. The first-order valence-electron chi connectivity index (χ1n) is 8.86. The van der Waals surface area contributed by atoms with E-state index in [1.807, 2.05) is 6.92 Å². The Morgan fingerprint density at radius 1 is 1.31 bits per heavy atom. The summed E-state index contributed by atoms with van der Waals surface area (Å²) in [6.45, 7) is 0.435. The summed E-state index contributed by atoms with van der Waals surface area (Å²) in [5, 5.41) is 5.94. The highest BCUT2D eigenvalue weighted by Gasteiger charge is 2.23. The smallest absolute Gasteiger partial charge is 0.387 e. The third kappa shape index (κ3) is 8.80. The third-order valence-corrected chi connectivity index (χ3v) is 6.93. The summed E-state index contributed by atoms with van der Waals surface area (Å²) in [6, 6.07) is 4.94. The average Bonchev–Trinajstić information content (AvgIpc) is 2.66. The van der Waals surface area contributed by atoms with Gasteiger partial charge in [0.05, 0.1) is 5.75 Å². The lowest BCUT2D eigenvalue weighted by Gasteiger charge is -2.25. The highest BCUT2D eigenvalue weighted by molar-refractivity contribution is 14.0. The summed E-state index contributed by atoms with van der Waals surface area (Å²) in [4.78, 5) is 4.04. The van der Waals surface area contributed by atoms with Crippen LogP contribution in [0.2, 0.25) is 0 Å².